The number of nitrogens with one attached hydrogen (secondary N) is 1. The van der Waals surface area contributed by atoms with E-state index >= 15 is 0 Å². The fraction of sp³-hybridized carbons (Fsp3) is 0. The van der Waals surface area contributed by atoms with E-state index in [0.717, 1.165) is 5.56 Å². The molecule has 0 spiro atoms. The first kappa shape index (κ1) is 17.6. The van der Waals surface area contributed by atoms with Gasteiger partial charge in [-0.1, -0.05) is 30.3 Å². The summed E-state index contributed by atoms with van der Waals surface area (Å²) in [4.78, 5) is 41.5. The molecule has 4 rings (SSSR count). The first-order valence-corrected chi connectivity index (χ1v) is 9.18. The van der Waals surface area contributed by atoms with Crippen molar-refractivity contribution in [2.45, 2.75) is 0 Å². The van der Waals surface area contributed by atoms with E-state index in [1.807, 2.05) is 35.7 Å². The highest BCUT2D eigenvalue weighted by Gasteiger charge is 2.17. The molecule has 0 radical (unpaired) electrons. The van der Waals surface area contributed by atoms with Crippen LogP contribution in [0.5, 0.6) is 0 Å². The number of anilines is 1. The van der Waals surface area contributed by atoms with Crippen molar-refractivity contribution in [3.63, 3.8) is 0 Å². The summed E-state index contributed by atoms with van der Waals surface area (Å²) in [7, 11) is 0. The SMILES string of the molecule is NC(=O)c1ccc(NC(=O)c2cnc3scc(-c4ccccc4)n3c2=O)cc1. The van der Waals surface area contributed by atoms with Crippen molar-refractivity contribution >= 4 is 33.8 Å². The lowest BCUT2D eigenvalue weighted by Crippen LogP contribution is -2.26. The van der Waals surface area contributed by atoms with Crippen molar-refractivity contribution in [1.29, 1.82) is 0 Å². The predicted molar refractivity (Wildman–Crippen MR) is 108 cm³/mol. The molecule has 7 nitrogen and oxygen atoms in total. The maximum atomic E-state index is 13.0. The molecule has 2 aromatic heterocycles. The van der Waals surface area contributed by atoms with Gasteiger partial charge in [0.2, 0.25) is 5.91 Å². The van der Waals surface area contributed by atoms with Gasteiger partial charge in [-0.2, -0.15) is 0 Å². The number of aromatic nitrogens is 2. The highest BCUT2D eigenvalue weighted by molar-refractivity contribution is 7.15. The molecule has 2 heterocycles. The molecule has 0 atom stereocenters. The Kier molecular flexibility index (Phi) is 4.46. The van der Waals surface area contributed by atoms with Crippen molar-refractivity contribution in [1.82, 2.24) is 9.38 Å². The standard InChI is InChI=1S/C20H14N4O3S/c21-17(25)13-6-8-14(9-7-13)23-18(26)15-10-22-20-24(19(15)27)16(11-28-20)12-4-2-1-3-5-12/h1-11H,(H2,21,25)(H,23,26). The quantitative estimate of drug-likeness (QED) is 0.559. The molecule has 0 unspecified atom stereocenters. The summed E-state index contributed by atoms with van der Waals surface area (Å²) in [5.74, 6) is -1.14. The van der Waals surface area contributed by atoms with Crippen LogP contribution >= 0.6 is 11.3 Å². The zero-order chi connectivity index (χ0) is 19.7. The van der Waals surface area contributed by atoms with Crippen LogP contribution in [-0.4, -0.2) is 21.2 Å². The van der Waals surface area contributed by atoms with Crippen LogP contribution in [0.15, 0.2) is 71.0 Å². The molecule has 2 aromatic carbocycles. The highest BCUT2D eigenvalue weighted by atomic mass is 32.1. The fourth-order valence-corrected chi connectivity index (χ4v) is 3.63. The smallest absolute Gasteiger partial charge is 0.271 e. The number of carbonyl (C=O) groups excluding carboxylic acids is 2. The molecule has 0 aliphatic carbocycles. The molecular weight excluding hydrogens is 376 g/mol. The van der Waals surface area contributed by atoms with Gasteiger partial charge in [-0.25, -0.2) is 4.98 Å². The van der Waals surface area contributed by atoms with Crippen molar-refractivity contribution in [3.05, 3.63) is 87.7 Å². The molecule has 2 amide bonds. The number of fused-ring (bicyclic) bond motifs is 1. The number of rotatable bonds is 4. The summed E-state index contributed by atoms with van der Waals surface area (Å²) >= 11 is 1.33. The van der Waals surface area contributed by atoms with Crippen LogP contribution in [0, 0.1) is 0 Å². The molecule has 0 aliphatic heterocycles. The van der Waals surface area contributed by atoms with Crippen molar-refractivity contribution in [3.8, 4) is 11.3 Å². The van der Waals surface area contributed by atoms with Gasteiger partial charge >= 0.3 is 0 Å². The topological polar surface area (TPSA) is 107 Å². The van der Waals surface area contributed by atoms with Gasteiger partial charge in [-0.15, -0.1) is 11.3 Å². The number of nitrogens with two attached hydrogens (primary N) is 1. The number of benzene rings is 2. The zero-order valence-electron chi connectivity index (χ0n) is 14.5. The lowest BCUT2D eigenvalue weighted by Gasteiger charge is -2.07. The van der Waals surface area contributed by atoms with Gasteiger partial charge < -0.3 is 11.1 Å². The first-order valence-electron chi connectivity index (χ1n) is 8.30. The Bertz CT molecular complexity index is 1240. The monoisotopic (exact) mass is 390 g/mol. The second-order valence-corrected chi connectivity index (χ2v) is 6.81. The molecule has 4 aromatic rings. The summed E-state index contributed by atoms with van der Waals surface area (Å²) in [6.45, 7) is 0. The third kappa shape index (κ3) is 3.17. The van der Waals surface area contributed by atoms with E-state index in [9.17, 15) is 14.4 Å². The molecule has 0 aliphatic rings. The third-order valence-electron chi connectivity index (χ3n) is 4.19. The normalized spacial score (nSPS) is 10.7. The molecule has 3 N–H and O–H groups in total. The maximum absolute atomic E-state index is 13.0. The van der Waals surface area contributed by atoms with Crippen LogP contribution in [0.2, 0.25) is 0 Å². The van der Waals surface area contributed by atoms with Gasteiger partial charge in [0.1, 0.15) is 5.56 Å². The predicted octanol–water partition coefficient (Wildman–Crippen LogP) is 2.77. The van der Waals surface area contributed by atoms with Crippen molar-refractivity contribution in [2.24, 2.45) is 5.73 Å². The molecule has 28 heavy (non-hydrogen) atoms. The third-order valence-corrected chi connectivity index (χ3v) is 5.03. The summed E-state index contributed by atoms with van der Waals surface area (Å²) in [6, 6.07) is 15.5. The van der Waals surface area contributed by atoms with Crippen LogP contribution in [-0.2, 0) is 0 Å². The minimum Gasteiger partial charge on any atom is -0.366 e. The van der Waals surface area contributed by atoms with E-state index in [4.69, 9.17) is 5.73 Å². The summed E-state index contributed by atoms with van der Waals surface area (Å²) in [5.41, 5.74) is 6.98. The number of hydrogen-bond donors (Lipinski definition) is 2. The Labute approximate surface area is 163 Å². The lowest BCUT2D eigenvalue weighted by molar-refractivity contribution is 0.0998. The average Bonchev–Trinajstić information content (AvgIpc) is 3.14. The Hall–Kier alpha value is -3.78. The van der Waals surface area contributed by atoms with Crippen LogP contribution in [0.4, 0.5) is 5.69 Å². The van der Waals surface area contributed by atoms with E-state index in [-0.39, 0.29) is 5.56 Å². The Morgan fingerprint density at radius 1 is 1.04 bits per heavy atom. The van der Waals surface area contributed by atoms with E-state index in [0.29, 0.717) is 21.9 Å². The molecule has 138 valence electrons. The molecule has 0 fully saturated rings. The molecule has 0 bridgehead atoms. The molecule has 0 saturated carbocycles. The molecular formula is C20H14N4O3S. The summed E-state index contributed by atoms with van der Waals surface area (Å²) in [6.07, 6.45) is 1.27. The highest BCUT2D eigenvalue weighted by Crippen LogP contribution is 2.23. The van der Waals surface area contributed by atoms with Gasteiger partial charge in [0, 0.05) is 22.8 Å². The second kappa shape index (κ2) is 7.09. The fourth-order valence-electron chi connectivity index (χ4n) is 2.77. The van der Waals surface area contributed by atoms with E-state index < -0.39 is 17.4 Å². The van der Waals surface area contributed by atoms with Crippen molar-refractivity contribution in [2.75, 3.05) is 5.32 Å². The number of thiazole rings is 1. The number of amides is 2. The second-order valence-electron chi connectivity index (χ2n) is 5.98. The van der Waals surface area contributed by atoms with Gasteiger partial charge in [-0.3, -0.25) is 18.8 Å². The molecule has 8 heteroatoms. The Balaban J connectivity index is 1.71. The Morgan fingerprint density at radius 2 is 1.75 bits per heavy atom. The Morgan fingerprint density at radius 3 is 2.43 bits per heavy atom. The minimum absolute atomic E-state index is 0.0768. The van der Waals surface area contributed by atoms with Crippen LogP contribution in [0.3, 0.4) is 0 Å². The summed E-state index contributed by atoms with van der Waals surface area (Å²) in [5, 5.41) is 4.48. The minimum atomic E-state index is -0.580. The lowest BCUT2D eigenvalue weighted by atomic mass is 10.2. The van der Waals surface area contributed by atoms with E-state index in [1.54, 1.807) is 12.1 Å². The zero-order valence-corrected chi connectivity index (χ0v) is 15.3. The van der Waals surface area contributed by atoms with Crippen LogP contribution < -0.4 is 16.6 Å². The number of hydrogen-bond acceptors (Lipinski definition) is 5. The maximum Gasteiger partial charge on any atom is 0.271 e. The summed E-state index contributed by atoms with van der Waals surface area (Å²) < 4.78 is 1.44. The molecule has 0 saturated heterocycles. The largest absolute Gasteiger partial charge is 0.366 e. The number of primary amides is 1. The van der Waals surface area contributed by atoms with Gasteiger partial charge in [-0.05, 0) is 29.8 Å². The number of nitrogens with zero attached hydrogens (tertiary/aromatic N) is 2. The van der Waals surface area contributed by atoms with Crippen LogP contribution in [0.25, 0.3) is 16.2 Å². The van der Waals surface area contributed by atoms with E-state index in [1.165, 1.54) is 34.1 Å². The van der Waals surface area contributed by atoms with Gasteiger partial charge in [0.15, 0.2) is 4.96 Å². The van der Waals surface area contributed by atoms with Gasteiger partial charge in [0.05, 0.1) is 5.69 Å². The average molecular weight is 390 g/mol. The first-order chi connectivity index (χ1) is 13.5. The van der Waals surface area contributed by atoms with E-state index in [2.05, 4.69) is 10.3 Å². The number of carbonyl (C=O) groups is 2. The van der Waals surface area contributed by atoms with Crippen LogP contribution in [0.1, 0.15) is 20.7 Å². The van der Waals surface area contributed by atoms with Gasteiger partial charge in [0.25, 0.3) is 11.5 Å². The van der Waals surface area contributed by atoms with Crippen molar-refractivity contribution < 1.29 is 9.59 Å².